The summed E-state index contributed by atoms with van der Waals surface area (Å²) < 4.78 is 6.97. The molecule has 0 saturated carbocycles. The van der Waals surface area contributed by atoms with Crippen molar-refractivity contribution in [3.63, 3.8) is 0 Å². The molecule has 0 fully saturated rings. The predicted octanol–water partition coefficient (Wildman–Crippen LogP) is 1.31. The van der Waals surface area contributed by atoms with Gasteiger partial charge in [-0.3, -0.25) is 4.57 Å². The molecular weight excluding hydrogens is 192 g/mol. The van der Waals surface area contributed by atoms with Crippen LogP contribution in [0.15, 0.2) is 23.3 Å². The molecule has 0 aromatic carbocycles. The van der Waals surface area contributed by atoms with Crippen molar-refractivity contribution in [2.45, 2.75) is 26.8 Å². The normalized spacial score (nSPS) is 10.9. The number of ether oxygens (including phenoxy) is 1. The fourth-order valence-electron chi connectivity index (χ4n) is 1.14. The van der Waals surface area contributed by atoms with Gasteiger partial charge >= 0.3 is 5.69 Å². The summed E-state index contributed by atoms with van der Waals surface area (Å²) >= 11 is 0. The molecule has 0 unspecified atom stereocenters. The van der Waals surface area contributed by atoms with E-state index in [1.165, 1.54) is 6.20 Å². The molecule has 4 heteroatoms. The number of hydrogen-bond acceptors (Lipinski definition) is 3. The van der Waals surface area contributed by atoms with E-state index in [4.69, 9.17) is 4.74 Å². The van der Waals surface area contributed by atoms with E-state index in [9.17, 15) is 4.79 Å². The van der Waals surface area contributed by atoms with Gasteiger partial charge in [-0.05, 0) is 18.4 Å². The van der Waals surface area contributed by atoms with Gasteiger partial charge < -0.3 is 4.74 Å². The van der Waals surface area contributed by atoms with Crippen molar-refractivity contribution in [2.24, 2.45) is 5.92 Å². The van der Waals surface area contributed by atoms with Crippen molar-refractivity contribution >= 4 is 0 Å². The van der Waals surface area contributed by atoms with Gasteiger partial charge in [0.1, 0.15) is 0 Å². The zero-order valence-electron chi connectivity index (χ0n) is 9.35. The summed E-state index contributed by atoms with van der Waals surface area (Å²) in [5.74, 6) is 0.658. The van der Waals surface area contributed by atoms with E-state index in [0.29, 0.717) is 19.1 Å². The molecule has 4 nitrogen and oxygen atoms in total. The molecule has 0 amide bonds. The first-order valence-corrected chi connectivity index (χ1v) is 5.29. The molecule has 15 heavy (non-hydrogen) atoms. The molecule has 0 atom stereocenters. The van der Waals surface area contributed by atoms with Crippen LogP contribution >= 0.6 is 0 Å². The SMILES string of the molecule is CC(C)CCOCCn1cccnc1=O. The predicted molar refractivity (Wildman–Crippen MR) is 58.8 cm³/mol. The fraction of sp³-hybridized carbons (Fsp3) is 0.636. The maximum Gasteiger partial charge on any atom is 0.347 e. The molecule has 0 saturated heterocycles. The topological polar surface area (TPSA) is 44.1 Å². The van der Waals surface area contributed by atoms with Gasteiger partial charge in [-0.2, -0.15) is 0 Å². The van der Waals surface area contributed by atoms with Crippen molar-refractivity contribution in [2.75, 3.05) is 13.2 Å². The zero-order valence-corrected chi connectivity index (χ0v) is 9.35. The van der Waals surface area contributed by atoms with Crippen LogP contribution in [0.5, 0.6) is 0 Å². The van der Waals surface area contributed by atoms with Crippen LogP contribution in [-0.4, -0.2) is 22.8 Å². The van der Waals surface area contributed by atoms with Gasteiger partial charge in [0.05, 0.1) is 13.2 Å². The Bertz CT molecular complexity index is 333. The lowest BCUT2D eigenvalue weighted by Crippen LogP contribution is -2.23. The van der Waals surface area contributed by atoms with Crippen LogP contribution in [0.1, 0.15) is 20.3 Å². The first-order valence-electron chi connectivity index (χ1n) is 5.29. The Morgan fingerprint density at radius 3 is 2.93 bits per heavy atom. The summed E-state index contributed by atoms with van der Waals surface area (Å²) in [7, 11) is 0. The number of nitrogens with zero attached hydrogens (tertiary/aromatic N) is 2. The molecule has 0 aliphatic rings. The standard InChI is InChI=1S/C11H18N2O2/c1-10(2)4-8-15-9-7-13-6-3-5-12-11(13)14/h3,5-6,10H,4,7-9H2,1-2H3. The van der Waals surface area contributed by atoms with Crippen LogP contribution in [0.4, 0.5) is 0 Å². The van der Waals surface area contributed by atoms with Gasteiger partial charge in [-0.1, -0.05) is 13.8 Å². The first kappa shape index (κ1) is 11.9. The third kappa shape index (κ3) is 4.74. The molecule has 1 aromatic heterocycles. The second-order valence-corrected chi connectivity index (χ2v) is 3.89. The largest absolute Gasteiger partial charge is 0.380 e. The zero-order chi connectivity index (χ0) is 11.1. The average molecular weight is 210 g/mol. The van der Waals surface area contributed by atoms with E-state index in [1.54, 1.807) is 16.8 Å². The van der Waals surface area contributed by atoms with E-state index < -0.39 is 0 Å². The number of hydrogen-bond donors (Lipinski definition) is 0. The maximum absolute atomic E-state index is 11.2. The second-order valence-electron chi connectivity index (χ2n) is 3.89. The Hall–Kier alpha value is -1.16. The minimum atomic E-state index is -0.218. The molecular formula is C11H18N2O2. The first-order chi connectivity index (χ1) is 7.20. The minimum absolute atomic E-state index is 0.218. The number of aromatic nitrogens is 2. The van der Waals surface area contributed by atoms with Crippen LogP contribution in [0.2, 0.25) is 0 Å². The van der Waals surface area contributed by atoms with Crippen LogP contribution < -0.4 is 5.69 Å². The van der Waals surface area contributed by atoms with Gasteiger partial charge in [-0.25, -0.2) is 9.78 Å². The molecule has 0 radical (unpaired) electrons. The molecule has 0 spiro atoms. The highest BCUT2D eigenvalue weighted by Gasteiger charge is 1.96. The highest BCUT2D eigenvalue weighted by molar-refractivity contribution is 4.80. The van der Waals surface area contributed by atoms with E-state index in [-0.39, 0.29) is 5.69 Å². The third-order valence-corrected chi connectivity index (χ3v) is 2.10. The van der Waals surface area contributed by atoms with Crippen molar-refractivity contribution in [1.82, 2.24) is 9.55 Å². The maximum atomic E-state index is 11.2. The Labute approximate surface area is 89.9 Å². The van der Waals surface area contributed by atoms with E-state index >= 15 is 0 Å². The number of rotatable bonds is 6. The Morgan fingerprint density at radius 2 is 2.27 bits per heavy atom. The lowest BCUT2D eigenvalue weighted by Gasteiger charge is -2.07. The van der Waals surface area contributed by atoms with Crippen LogP contribution in [0.25, 0.3) is 0 Å². The lowest BCUT2D eigenvalue weighted by molar-refractivity contribution is 0.115. The van der Waals surface area contributed by atoms with Crippen molar-refractivity contribution in [3.8, 4) is 0 Å². The van der Waals surface area contributed by atoms with Gasteiger partial charge in [-0.15, -0.1) is 0 Å². The van der Waals surface area contributed by atoms with Crippen molar-refractivity contribution < 1.29 is 4.74 Å². The molecule has 1 rings (SSSR count). The Balaban J connectivity index is 2.21. The molecule has 0 aliphatic carbocycles. The van der Waals surface area contributed by atoms with Gasteiger partial charge in [0.2, 0.25) is 0 Å². The van der Waals surface area contributed by atoms with E-state index in [1.807, 2.05) is 0 Å². The van der Waals surface area contributed by atoms with Crippen LogP contribution in [0.3, 0.4) is 0 Å². The highest BCUT2D eigenvalue weighted by Crippen LogP contribution is 1.98. The van der Waals surface area contributed by atoms with Crippen LogP contribution in [0, 0.1) is 5.92 Å². The average Bonchev–Trinajstić information content (AvgIpc) is 2.20. The van der Waals surface area contributed by atoms with Crippen molar-refractivity contribution in [1.29, 1.82) is 0 Å². The summed E-state index contributed by atoms with van der Waals surface area (Å²) in [4.78, 5) is 14.8. The third-order valence-electron chi connectivity index (χ3n) is 2.10. The molecule has 0 N–H and O–H groups in total. The smallest absolute Gasteiger partial charge is 0.347 e. The van der Waals surface area contributed by atoms with Crippen molar-refractivity contribution in [3.05, 3.63) is 28.9 Å². The molecule has 0 bridgehead atoms. The van der Waals surface area contributed by atoms with E-state index in [0.717, 1.165) is 13.0 Å². The molecule has 84 valence electrons. The monoisotopic (exact) mass is 210 g/mol. The summed E-state index contributed by atoms with van der Waals surface area (Å²) in [6, 6.07) is 1.75. The van der Waals surface area contributed by atoms with Crippen LogP contribution in [-0.2, 0) is 11.3 Å². The van der Waals surface area contributed by atoms with E-state index in [2.05, 4.69) is 18.8 Å². The summed E-state index contributed by atoms with van der Waals surface area (Å²) in [5, 5.41) is 0. The lowest BCUT2D eigenvalue weighted by atomic mass is 10.1. The second kappa shape index (κ2) is 6.35. The summed E-state index contributed by atoms with van der Waals surface area (Å²) in [6.45, 7) is 6.22. The summed E-state index contributed by atoms with van der Waals surface area (Å²) in [6.07, 6.45) is 4.28. The Kier molecular flexibility index (Phi) is 5.04. The van der Waals surface area contributed by atoms with Gasteiger partial charge in [0.25, 0.3) is 0 Å². The molecule has 1 aromatic rings. The quantitative estimate of drug-likeness (QED) is 0.665. The highest BCUT2D eigenvalue weighted by atomic mass is 16.5. The summed E-state index contributed by atoms with van der Waals surface area (Å²) in [5.41, 5.74) is -0.218. The molecule has 0 aliphatic heterocycles. The minimum Gasteiger partial charge on any atom is -0.380 e. The Morgan fingerprint density at radius 1 is 1.47 bits per heavy atom. The van der Waals surface area contributed by atoms with Gasteiger partial charge in [0, 0.05) is 19.0 Å². The fourth-order valence-corrected chi connectivity index (χ4v) is 1.14. The molecule has 1 heterocycles. The van der Waals surface area contributed by atoms with Gasteiger partial charge in [0.15, 0.2) is 0 Å².